The lowest BCUT2D eigenvalue weighted by Crippen LogP contribution is -2.20. The van der Waals surface area contributed by atoms with Crippen LogP contribution in [0.3, 0.4) is 0 Å². The Hall–Kier alpha value is -1.54. The Bertz CT molecular complexity index is 597. The minimum Gasteiger partial charge on any atom is -0.487 e. The predicted molar refractivity (Wildman–Crippen MR) is 151 cm³/mol. The molecular formula is C29H52O11. The molecule has 2 heterocycles. The molecule has 0 amide bonds. The van der Waals surface area contributed by atoms with E-state index in [-0.39, 0.29) is 6.10 Å². The summed E-state index contributed by atoms with van der Waals surface area (Å²) >= 11 is 0. The van der Waals surface area contributed by atoms with Crippen molar-refractivity contribution in [2.75, 3.05) is 126 Å². The van der Waals surface area contributed by atoms with E-state index in [1.54, 1.807) is 0 Å². The fourth-order valence-corrected chi connectivity index (χ4v) is 3.14. The molecule has 0 aromatic heterocycles. The van der Waals surface area contributed by atoms with Crippen LogP contribution in [0, 0.1) is 0 Å². The highest BCUT2D eigenvalue weighted by atomic mass is 16.6. The highest BCUT2D eigenvalue weighted by Gasteiger charge is 2.05. The maximum Gasteiger partial charge on any atom is 0.161 e. The Morgan fingerprint density at radius 2 is 0.725 bits per heavy atom. The summed E-state index contributed by atoms with van der Waals surface area (Å²) in [6, 6.07) is 7.59. The number of ether oxygens (including phenoxy) is 11. The Labute approximate surface area is 240 Å². The third-order valence-corrected chi connectivity index (χ3v) is 5.03. The van der Waals surface area contributed by atoms with Crippen LogP contribution in [0.2, 0.25) is 0 Å². The van der Waals surface area contributed by atoms with Crippen LogP contribution in [-0.2, 0) is 42.6 Å². The van der Waals surface area contributed by atoms with Crippen LogP contribution in [0.25, 0.3) is 0 Å². The summed E-state index contributed by atoms with van der Waals surface area (Å²) in [5.74, 6) is 1.43. The molecule has 1 saturated heterocycles. The molecule has 0 radical (unpaired) electrons. The first-order valence-corrected chi connectivity index (χ1v) is 14.4. The third-order valence-electron chi connectivity index (χ3n) is 5.03. The van der Waals surface area contributed by atoms with Crippen molar-refractivity contribution in [3.8, 4) is 11.5 Å². The van der Waals surface area contributed by atoms with Gasteiger partial charge in [0.1, 0.15) is 13.2 Å². The minimum absolute atomic E-state index is 0.102. The third kappa shape index (κ3) is 22.2. The van der Waals surface area contributed by atoms with Gasteiger partial charge in [-0.15, -0.1) is 0 Å². The van der Waals surface area contributed by atoms with Crippen LogP contribution in [0.1, 0.15) is 20.8 Å². The standard InChI is InChI=1S/C16H24O6.C11H22O5.C2H6/c1-2-4-16-15(3-1)21-13-11-19-9-7-17-5-6-18-8-10-20-12-14-22-16;1-11-10-15-7-6-13-3-2-12-4-5-14-8-9-16-11;1-2/h1-4H,5-14H2;11H,2-10H2,1H3;1-2H3. The number of fused-ring (bicyclic) bond motifs is 1. The number of para-hydroxylation sites is 2. The lowest BCUT2D eigenvalue weighted by Gasteiger charge is -2.13. The SMILES string of the molecule is CC.CC1COCCOCCOCCOCCO1.c1ccc2c(c1)OCCOCCOCCOCCOCCO2. The fraction of sp³-hybridized carbons (Fsp3) is 0.793. The lowest BCUT2D eigenvalue weighted by molar-refractivity contribution is -0.0378. The quantitative estimate of drug-likeness (QED) is 0.456. The first-order valence-electron chi connectivity index (χ1n) is 14.4. The van der Waals surface area contributed by atoms with Gasteiger partial charge in [-0.3, -0.25) is 0 Å². The van der Waals surface area contributed by atoms with Gasteiger partial charge in [0, 0.05) is 0 Å². The Morgan fingerprint density at radius 1 is 0.425 bits per heavy atom. The zero-order chi connectivity index (χ0) is 28.8. The van der Waals surface area contributed by atoms with Crippen molar-refractivity contribution in [3.63, 3.8) is 0 Å². The van der Waals surface area contributed by atoms with E-state index in [4.69, 9.17) is 52.1 Å². The highest BCUT2D eigenvalue weighted by Crippen LogP contribution is 2.26. The number of rotatable bonds is 0. The van der Waals surface area contributed by atoms with Crippen LogP contribution in [0.5, 0.6) is 11.5 Å². The molecule has 1 fully saturated rings. The number of benzene rings is 1. The van der Waals surface area contributed by atoms with E-state index in [0.29, 0.717) is 137 Å². The summed E-state index contributed by atoms with van der Waals surface area (Å²) in [4.78, 5) is 0. The molecule has 0 N–H and O–H groups in total. The predicted octanol–water partition coefficient (Wildman–Crippen LogP) is 3.02. The second kappa shape index (κ2) is 29.0. The molecule has 0 aliphatic carbocycles. The summed E-state index contributed by atoms with van der Waals surface area (Å²) in [7, 11) is 0. The maximum absolute atomic E-state index is 5.68. The fourth-order valence-electron chi connectivity index (χ4n) is 3.14. The van der Waals surface area contributed by atoms with Crippen LogP contribution in [0.15, 0.2) is 24.3 Å². The van der Waals surface area contributed by atoms with Crippen molar-refractivity contribution in [2.45, 2.75) is 26.9 Å². The van der Waals surface area contributed by atoms with Gasteiger partial charge in [-0.1, -0.05) is 26.0 Å². The smallest absolute Gasteiger partial charge is 0.161 e. The normalized spacial score (nSPS) is 22.2. The van der Waals surface area contributed by atoms with E-state index >= 15 is 0 Å². The number of hydrogen-bond acceptors (Lipinski definition) is 11. The van der Waals surface area contributed by atoms with Crippen molar-refractivity contribution in [1.29, 1.82) is 0 Å². The van der Waals surface area contributed by atoms with Crippen molar-refractivity contribution < 1.29 is 52.1 Å². The summed E-state index contributed by atoms with van der Waals surface area (Å²) in [6.45, 7) is 16.7. The molecule has 1 aromatic carbocycles. The summed E-state index contributed by atoms with van der Waals surface area (Å²) < 4.78 is 59.8. The molecule has 3 rings (SSSR count). The van der Waals surface area contributed by atoms with Crippen LogP contribution in [0.4, 0.5) is 0 Å². The Morgan fingerprint density at radius 3 is 1.10 bits per heavy atom. The number of hydrogen-bond donors (Lipinski definition) is 0. The Kier molecular flexibility index (Phi) is 26.4. The van der Waals surface area contributed by atoms with Gasteiger partial charge in [-0.25, -0.2) is 0 Å². The van der Waals surface area contributed by atoms with E-state index in [0.717, 1.165) is 0 Å². The first-order chi connectivity index (χ1) is 19.9. The van der Waals surface area contributed by atoms with Crippen molar-refractivity contribution in [1.82, 2.24) is 0 Å². The van der Waals surface area contributed by atoms with Gasteiger partial charge in [-0.2, -0.15) is 0 Å². The van der Waals surface area contributed by atoms with Crippen molar-refractivity contribution in [3.05, 3.63) is 24.3 Å². The maximum atomic E-state index is 5.68. The summed E-state index contributed by atoms with van der Waals surface area (Å²) in [5, 5.41) is 0. The zero-order valence-electron chi connectivity index (χ0n) is 24.8. The average molecular weight is 577 g/mol. The molecule has 0 saturated carbocycles. The molecule has 40 heavy (non-hydrogen) atoms. The molecular weight excluding hydrogens is 524 g/mol. The lowest BCUT2D eigenvalue weighted by atomic mass is 10.3. The molecule has 1 aromatic rings. The molecule has 0 spiro atoms. The largest absolute Gasteiger partial charge is 0.487 e. The first kappa shape index (κ1) is 36.5. The summed E-state index contributed by atoms with van der Waals surface area (Å²) in [5.41, 5.74) is 0. The molecule has 0 bridgehead atoms. The van der Waals surface area contributed by atoms with Crippen molar-refractivity contribution in [2.24, 2.45) is 0 Å². The van der Waals surface area contributed by atoms with E-state index < -0.39 is 0 Å². The van der Waals surface area contributed by atoms with Gasteiger partial charge in [0.05, 0.1) is 118 Å². The molecule has 2 aliphatic heterocycles. The van der Waals surface area contributed by atoms with Crippen LogP contribution in [-0.4, -0.2) is 132 Å². The van der Waals surface area contributed by atoms with Gasteiger partial charge in [0.25, 0.3) is 0 Å². The van der Waals surface area contributed by atoms with Crippen LogP contribution >= 0.6 is 0 Å². The molecule has 11 heteroatoms. The van der Waals surface area contributed by atoms with E-state index in [1.807, 2.05) is 45.0 Å². The zero-order valence-corrected chi connectivity index (χ0v) is 24.8. The Balaban J connectivity index is 0.000000394. The summed E-state index contributed by atoms with van der Waals surface area (Å²) in [6.07, 6.45) is 0.102. The minimum atomic E-state index is 0.102. The second-order valence-electron chi connectivity index (χ2n) is 8.19. The molecule has 1 unspecified atom stereocenters. The van der Waals surface area contributed by atoms with Crippen LogP contribution < -0.4 is 9.47 Å². The molecule has 234 valence electrons. The van der Waals surface area contributed by atoms with Gasteiger partial charge in [0.2, 0.25) is 0 Å². The van der Waals surface area contributed by atoms with Gasteiger partial charge in [0.15, 0.2) is 11.5 Å². The van der Waals surface area contributed by atoms with E-state index in [2.05, 4.69) is 0 Å². The van der Waals surface area contributed by atoms with Gasteiger partial charge < -0.3 is 52.1 Å². The second-order valence-corrected chi connectivity index (χ2v) is 8.19. The average Bonchev–Trinajstić information content (AvgIpc) is 2.99. The highest BCUT2D eigenvalue weighted by molar-refractivity contribution is 5.39. The van der Waals surface area contributed by atoms with Gasteiger partial charge >= 0.3 is 0 Å². The van der Waals surface area contributed by atoms with E-state index in [1.165, 1.54) is 0 Å². The molecule has 2 aliphatic rings. The molecule has 11 nitrogen and oxygen atoms in total. The van der Waals surface area contributed by atoms with Crippen molar-refractivity contribution >= 4 is 0 Å². The van der Waals surface area contributed by atoms with Gasteiger partial charge in [-0.05, 0) is 19.1 Å². The van der Waals surface area contributed by atoms with E-state index in [9.17, 15) is 0 Å². The molecule has 1 atom stereocenters. The monoisotopic (exact) mass is 576 g/mol. The topological polar surface area (TPSA) is 102 Å².